The van der Waals surface area contributed by atoms with Crippen LogP contribution in [-0.4, -0.2) is 35.1 Å². The van der Waals surface area contributed by atoms with Crippen molar-refractivity contribution in [2.75, 3.05) is 13.1 Å². The molecule has 0 spiro atoms. The molecule has 0 aromatic carbocycles. The molecule has 0 aliphatic carbocycles. The minimum Gasteiger partial charge on any atom is -0.481 e. The van der Waals surface area contributed by atoms with E-state index in [2.05, 4.69) is 25.7 Å². The van der Waals surface area contributed by atoms with E-state index in [1.165, 1.54) is 0 Å². The Kier molecular flexibility index (Phi) is 4.14. The largest absolute Gasteiger partial charge is 0.481 e. The monoisotopic (exact) mass is 213 g/mol. The van der Waals surface area contributed by atoms with E-state index < -0.39 is 5.97 Å². The molecular formula is C12H23NO2. The van der Waals surface area contributed by atoms with Crippen molar-refractivity contribution in [1.82, 2.24) is 4.90 Å². The molecule has 1 aliphatic heterocycles. The second kappa shape index (κ2) is 4.97. The molecule has 0 aromatic heterocycles. The summed E-state index contributed by atoms with van der Waals surface area (Å²) in [4.78, 5) is 13.0. The van der Waals surface area contributed by atoms with Crippen molar-refractivity contribution in [2.45, 2.75) is 52.5 Å². The molecule has 1 rings (SSSR count). The van der Waals surface area contributed by atoms with Crippen molar-refractivity contribution in [1.29, 1.82) is 0 Å². The molecular weight excluding hydrogens is 190 g/mol. The molecule has 0 radical (unpaired) electrons. The number of likely N-dealkylation sites (tertiary alicyclic amines) is 1. The zero-order valence-corrected chi connectivity index (χ0v) is 10.1. The summed E-state index contributed by atoms with van der Waals surface area (Å²) in [6, 6.07) is 0.282. The smallest absolute Gasteiger partial charge is 0.304 e. The van der Waals surface area contributed by atoms with Crippen LogP contribution in [0, 0.1) is 5.41 Å². The maximum Gasteiger partial charge on any atom is 0.304 e. The third kappa shape index (κ3) is 4.65. The topological polar surface area (TPSA) is 40.5 Å². The number of carboxylic acids is 1. The summed E-state index contributed by atoms with van der Waals surface area (Å²) in [7, 11) is 0. The summed E-state index contributed by atoms with van der Waals surface area (Å²) < 4.78 is 0. The summed E-state index contributed by atoms with van der Waals surface area (Å²) in [6.07, 6.45) is 3.66. The third-order valence-corrected chi connectivity index (χ3v) is 3.06. The quantitative estimate of drug-likeness (QED) is 0.779. The Labute approximate surface area is 92.5 Å². The van der Waals surface area contributed by atoms with Crippen LogP contribution in [-0.2, 0) is 4.79 Å². The van der Waals surface area contributed by atoms with E-state index in [1.807, 2.05) is 0 Å². The lowest BCUT2D eigenvalue weighted by Gasteiger charge is -2.27. The molecule has 3 nitrogen and oxygen atoms in total. The van der Waals surface area contributed by atoms with Crippen LogP contribution in [0.15, 0.2) is 0 Å². The lowest BCUT2D eigenvalue weighted by atomic mass is 9.92. The molecule has 1 unspecified atom stereocenters. The van der Waals surface area contributed by atoms with Crippen LogP contribution in [0.1, 0.15) is 46.5 Å². The van der Waals surface area contributed by atoms with Crippen LogP contribution in [0.5, 0.6) is 0 Å². The van der Waals surface area contributed by atoms with Crippen molar-refractivity contribution in [3.05, 3.63) is 0 Å². The normalized spacial score (nSPS) is 23.3. The molecule has 3 heteroatoms. The fourth-order valence-electron chi connectivity index (χ4n) is 2.10. The first-order valence-electron chi connectivity index (χ1n) is 5.84. The van der Waals surface area contributed by atoms with Crippen LogP contribution in [0.4, 0.5) is 0 Å². The number of aliphatic carboxylic acids is 1. The van der Waals surface area contributed by atoms with Crippen LogP contribution >= 0.6 is 0 Å². The van der Waals surface area contributed by atoms with Gasteiger partial charge in [-0.05, 0) is 37.8 Å². The molecule has 1 heterocycles. The second-order valence-corrected chi connectivity index (χ2v) is 5.74. The number of rotatable bonds is 4. The maximum atomic E-state index is 10.7. The first kappa shape index (κ1) is 12.5. The second-order valence-electron chi connectivity index (χ2n) is 5.74. The van der Waals surface area contributed by atoms with Crippen molar-refractivity contribution >= 4 is 5.97 Å². The van der Waals surface area contributed by atoms with Crippen LogP contribution in [0.3, 0.4) is 0 Å². The molecule has 0 saturated carbocycles. The van der Waals surface area contributed by atoms with Gasteiger partial charge >= 0.3 is 5.97 Å². The van der Waals surface area contributed by atoms with Gasteiger partial charge in [0.1, 0.15) is 0 Å². The van der Waals surface area contributed by atoms with E-state index in [9.17, 15) is 4.79 Å². The average Bonchev–Trinajstić information content (AvgIpc) is 2.46. The van der Waals surface area contributed by atoms with Gasteiger partial charge in [0.2, 0.25) is 0 Å². The molecule has 15 heavy (non-hydrogen) atoms. The van der Waals surface area contributed by atoms with Gasteiger partial charge in [0.05, 0.1) is 6.42 Å². The highest BCUT2D eigenvalue weighted by molar-refractivity contribution is 5.67. The van der Waals surface area contributed by atoms with Gasteiger partial charge in [0.15, 0.2) is 0 Å². The molecule has 1 atom stereocenters. The number of carbonyl (C=O) groups is 1. The molecule has 0 aromatic rings. The SMILES string of the molecule is CC(C)(C)CCN1CCCC1CC(=O)O. The minimum absolute atomic E-state index is 0.282. The molecule has 1 aliphatic rings. The van der Waals surface area contributed by atoms with E-state index >= 15 is 0 Å². The van der Waals surface area contributed by atoms with Crippen molar-refractivity contribution < 1.29 is 9.90 Å². The van der Waals surface area contributed by atoms with Crippen LogP contribution < -0.4 is 0 Å². The summed E-state index contributed by atoms with van der Waals surface area (Å²) >= 11 is 0. The average molecular weight is 213 g/mol. The van der Waals surface area contributed by atoms with E-state index in [4.69, 9.17) is 5.11 Å². The Morgan fingerprint density at radius 3 is 2.67 bits per heavy atom. The molecule has 88 valence electrons. The first-order valence-corrected chi connectivity index (χ1v) is 5.84. The number of hydrogen-bond acceptors (Lipinski definition) is 2. The van der Waals surface area contributed by atoms with Gasteiger partial charge in [-0.2, -0.15) is 0 Å². The van der Waals surface area contributed by atoms with Crippen LogP contribution in [0.2, 0.25) is 0 Å². The molecule has 0 bridgehead atoms. The van der Waals surface area contributed by atoms with Crippen LogP contribution in [0.25, 0.3) is 0 Å². The van der Waals surface area contributed by atoms with Gasteiger partial charge in [-0.25, -0.2) is 0 Å². The number of hydrogen-bond donors (Lipinski definition) is 1. The lowest BCUT2D eigenvalue weighted by Crippen LogP contribution is -2.33. The van der Waals surface area contributed by atoms with Gasteiger partial charge in [-0.3, -0.25) is 9.69 Å². The molecule has 1 fully saturated rings. The van der Waals surface area contributed by atoms with Gasteiger partial charge in [-0.1, -0.05) is 20.8 Å². The summed E-state index contributed by atoms with van der Waals surface area (Å²) in [6.45, 7) is 8.81. The summed E-state index contributed by atoms with van der Waals surface area (Å²) in [5.41, 5.74) is 0.344. The molecule has 0 amide bonds. The Hall–Kier alpha value is -0.570. The predicted octanol–water partition coefficient (Wildman–Crippen LogP) is 2.36. The van der Waals surface area contributed by atoms with E-state index in [0.29, 0.717) is 11.8 Å². The van der Waals surface area contributed by atoms with Gasteiger partial charge in [0.25, 0.3) is 0 Å². The highest BCUT2D eigenvalue weighted by Crippen LogP contribution is 2.24. The predicted molar refractivity (Wildman–Crippen MR) is 60.9 cm³/mol. The summed E-state index contributed by atoms with van der Waals surface area (Å²) in [5.74, 6) is -0.664. The number of carboxylic acid groups (broad SMARTS) is 1. The Morgan fingerprint density at radius 2 is 2.13 bits per heavy atom. The van der Waals surface area contributed by atoms with Gasteiger partial charge in [0, 0.05) is 6.04 Å². The first-order chi connectivity index (χ1) is 6.88. The van der Waals surface area contributed by atoms with Gasteiger partial charge < -0.3 is 5.11 Å². The van der Waals surface area contributed by atoms with E-state index in [-0.39, 0.29) is 6.04 Å². The van der Waals surface area contributed by atoms with Crippen molar-refractivity contribution in [3.63, 3.8) is 0 Å². The van der Waals surface area contributed by atoms with Crippen molar-refractivity contribution in [3.8, 4) is 0 Å². The standard InChI is InChI=1S/C12H23NO2/c1-12(2,3)6-8-13-7-4-5-10(13)9-11(14)15/h10H,4-9H2,1-3H3,(H,14,15). The third-order valence-electron chi connectivity index (χ3n) is 3.06. The van der Waals surface area contributed by atoms with Crippen molar-refractivity contribution in [2.24, 2.45) is 5.41 Å². The highest BCUT2D eigenvalue weighted by atomic mass is 16.4. The number of nitrogens with zero attached hydrogens (tertiary/aromatic N) is 1. The Balaban J connectivity index is 2.36. The Morgan fingerprint density at radius 1 is 1.47 bits per heavy atom. The Bertz CT molecular complexity index is 220. The van der Waals surface area contributed by atoms with E-state index in [1.54, 1.807) is 0 Å². The maximum absolute atomic E-state index is 10.7. The fraction of sp³-hybridized carbons (Fsp3) is 0.917. The molecule has 1 saturated heterocycles. The zero-order valence-electron chi connectivity index (χ0n) is 10.1. The van der Waals surface area contributed by atoms with Gasteiger partial charge in [-0.15, -0.1) is 0 Å². The zero-order chi connectivity index (χ0) is 11.5. The summed E-state index contributed by atoms with van der Waals surface area (Å²) in [5, 5.41) is 8.79. The lowest BCUT2D eigenvalue weighted by molar-refractivity contribution is -0.138. The molecule has 1 N–H and O–H groups in total. The van der Waals surface area contributed by atoms with E-state index in [0.717, 1.165) is 32.4 Å². The fourth-order valence-corrected chi connectivity index (χ4v) is 2.10. The highest BCUT2D eigenvalue weighted by Gasteiger charge is 2.27. The minimum atomic E-state index is -0.664.